The number of hydrogen-bond donors (Lipinski definition) is 1. The van der Waals surface area contributed by atoms with Crippen LogP contribution in [0.3, 0.4) is 0 Å². The second kappa shape index (κ2) is 6.50. The minimum Gasteiger partial charge on any atom is -0.307 e. The van der Waals surface area contributed by atoms with Crippen molar-refractivity contribution in [2.24, 2.45) is 0 Å². The van der Waals surface area contributed by atoms with E-state index >= 15 is 0 Å². The first kappa shape index (κ1) is 16.0. The third-order valence-corrected chi connectivity index (χ3v) is 5.34. The molecule has 5 nitrogen and oxygen atoms in total. The average molecular weight is 356 g/mol. The molecule has 0 saturated heterocycles. The number of para-hydroxylation sites is 3. The van der Waals surface area contributed by atoms with Crippen LogP contribution in [0.4, 0.5) is 5.95 Å². The summed E-state index contributed by atoms with van der Waals surface area (Å²) < 4.78 is 2.20. The van der Waals surface area contributed by atoms with Crippen LogP contribution in [0.1, 0.15) is 42.2 Å². The van der Waals surface area contributed by atoms with Gasteiger partial charge in [-0.25, -0.2) is 9.97 Å². The first-order chi connectivity index (χ1) is 13.3. The largest absolute Gasteiger partial charge is 0.307 e. The van der Waals surface area contributed by atoms with Crippen molar-refractivity contribution in [3.05, 3.63) is 66.4 Å². The number of nitrogens with zero attached hydrogens (tertiary/aromatic N) is 3. The highest BCUT2D eigenvalue weighted by atomic mass is 16.2. The molecular formula is C22H20N4O. The van der Waals surface area contributed by atoms with Crippen LogP contribution in [0.25, 0.3) is 21.9 Å². The lowest BCUT2D eigenvalue weighted by Gasteiger charge is -2.16. The van der Waals surface area contributed by atoms with E-state index in [1.54, 1.807) is 6.07 Å². The topological polar surface area (TPSA) is 59.8 Å². The van der Waals surface area contributed by atoms with Gasteiger partial charge in [-0.3, -0.25) is 10.1 Å². The van der Waals surface area contributed by atoms with Crippen LogP contribution in [0.15, 0.2) is 60.7 Å². The molecule has 0 aliphatic heterocycles. The first-order valence-corrected chi connectivity index (χ1v) is 9.44. The zero-order valence-corrected chi connectivity index (χ0v) is 14.9. The molecular weight excluding hydrogens is 336 g/mol. The molecule has 2 aromatic carbocycles. The molecule has 4 aromatic rings. The molecule has 0 radical (unpaired) electrons. The molecule has 5 rings (SSSR count). The summed E-state index contributed by atoms with van der Waals surface area (Å²) in [6, 6.07) is 19.9. The Morgan fingerprint density at radius 2 is 1.63 bits per heavy atom. The molecule has 1 fully saturated rings. The van der Waals surface area contributed by atoms with Gasteiger partial charge < -0.3 is 4.57 Å². The minimum absolute atomic E-state index is 0.227. The van der Waals surface area contributed by atoms with Crippen LogP contribution < -0.4 is 5.32 Å². The van der Waals surface area contributed by atoms with Crippen LogP contribution in [-0.2, 0) is 0 Å². The average Bonchev–Trinajstić information content (AvgIpc) is 3.34. The van der Waals surface area contributed by atoms with E-state index in [2.05, 4.69) is 25.9 Å². The lowest BCUT2D eigenvalue weighted by Crippen LogP contribution is -2.18. The molecule has 1 saturated carbocycles. The standard InChI is InChI=1S/C22H20N4O/c27-21(19-14-13-15-7-1-4-10-17(15)23-19)25-22-24-18-11-5-6-12-20(18)26(22)16-8-2-3-9-16/h1,4-7,10-14,16H,2-3,8-9H2,(H,24,25,27). The van der Waals surface area contributed by atoms with Gasteiger partial charge in [0.05, 0.1) is 16.6 Å². The molecule has 0 bridgehead atoms. The van der Waals surface area contributed by atoms with Crippen LogP contribution in [0.2, 0.25) is 0 Å². The maximum atomic E-state index is 12.9. The Hall–Kier alpha value is -3.21. The molecule has 27 heavy (non-hydrogen) atoms. The third-order valence-electron chi connectivity index (χ3n) is 5.34. The molecule has 1 amide bonds. The zero-order valence-electron chi connectivity index (χ0n) is 14.9. The summed E-state index contributed by atoms with van der Waals surface area (Å²) in [5.74, 6) is 0.387. The van der Waals surface area contributed by atoms with E-state index in [0.717, 1.165) is 34.8 Å². The lowest BCUT2D eigenvalue weighted by molar-refractivity contribution is 0.102. The van der Waals surface area contributed by atoms with Gasteiger partial charge in [0, 0.05) is 11.4 Å². The number of pyridine rings is 1. The molecule has 0 unspecified atom stereocenters. The monoisotopic (exact) mass is 356 g/mol. The van der Waals surface area contributed by atoms with E-state index in [0.29, 0.717) is 17.7 Å². The Balaban J connectivity index is 1.53. The number of aromatic nitrogens is 3. The van der Waals surface area contributed by atoms with Gasteiger partial charge in [0.1, 0.15) is 5.69 Å². The summed E-state index contributed by atoms with van der Waals surface area (Å²) in [4.78, 5) is 22.1. The van der Waals surface area contributed by atoms with Crippen molar-refractivity contribution >= 4 is 33.8 Å². The number of amides is 1. The van der Waals surface area contributed by atoms with Gasteiger partial charge in [0.2, 0.25) is 5.95 Å². The summed E-state index contributed by atoms with van der Waals surface area (Å²) in [6.45, 7) is 0. The van der Waals surface area contributed by atoms with Gasteiger partial charge in [0.15, 0.2) is 0 Å². The summed E-state index contributed by atoms with van der Waals surface area (Å²) in [5.41, 5.74) is 3.20. The van der Waals surface area contributed by atoms with Crippen molar-refractivity contribution in [2.45, 2.75) is 31.7 Å². The number of carbonyl (C=O) groups is 1. The molecule has 134 valence electrons. The molecule has 1 N–H and O–H groups in total. The van der Waals surface area contributed by atoms with Gasteiger partial charge >= 0.3 is 0 Å². The second-order valence-electron chi connectivity index (χ2n) is 7.08. The van der Waals surface area contributed by atoms with Crippen LogP contribution in [0, 0.1) is 0 Å². The Morgan fingerprint density at radius 1 is 0.889 bits per heavy atom. The third kappa shape index (κ3) is 2.85. The van der Waals surface area contributed by atoms with Crippen molar-refractivity contribution in [3.8, 4) is 0 Å². The number of benzene rings is 2. The summed E-state index contributed by atoms with van der Waals surface area (Å²) >= 11 is 0. The minimum atomic E-state index is -0.227. The van der Waals surface area contributed by atoms with Crippen LogP contribution in [-0.4, -0.2) is 20.4 Å². The fraction of sp³-hybridized carbons (Fsp3) is 0.227. The van der Waals surface area contributed by atoms with E-state index in [9.17, 15) is 4.79 Å². The molecule has 1 aliphatic carbocycles. The lowest BCUT2D eigenvalue weighted by atomic mass is 10.2. The van der Waals surface area contributed by atoms with Crippen molar-refractivity contribution in [1.29, 1.82) is 0 Å². The highest BCUT2D eigenvalue weighted by Crippen LogP contribution is 2.35. The van der Waals surface area contributed by atoms with Gasteiger partial charge in [-0.1, -0.05) is 49.2 Å². The van der Waals surface area contributed by atoms with E-state index in [1.807, 2.05) is 48.5 Å². The van der Waals surface area contributed by atoms with E-state index < -0.39 is 0 Å². The molecule has 0 spiro atoms. The number of nitrogens with one attached hydrogen (secondary N) is 1. The van der Waals surface area contributed by atoms with Crippen molar-refractivity contribution in [3.63, 3.8) is 0 Å². The highest BCUT2D eigenvalue weighted by molar-refractivity contribution is 6.04. The van der Waals surface area contributed by atoms with Gasteiger partial charge in [0.25, 0.3) is 5.91 Å². The number of rotatable bonds is 3. The van der Waals surface area contributed by atoms with Crippen LogP contribution >= 0.6 is 0 Å². The smallest absolute Gasteiger partial charge is 0.276 e. The highest BCUT2D eigenvalue weighted by Gasteiger charge is 2.24. The van der Waals surface area contributed by atoms with Crippen molar-refractivity contribution in [2.75, 3.05) is 5.32 Å². The molecule has 2 aromatic heterocycles. The number of hydrogen-bond acceptors (Lipinski definition) is 3. The normalized spacial score (nSPS) is 14.8. The summed E-state index contributed by atoms with van der Waals surface area (Å²) in [6.07, 6.45) is 4.68. The zero-order chi connectivity index (χ0) is 18.2. The van der Waals surface area contributed by atoms with Gasteiger partial charge in [-0.2, -0.15) is 0 Å². The maximum absolute atomic E-state index is 12.9. The Bertz CT molecular complexity index is 1140. The number of carbonyl (C=O) groups excluding carboxylic acids is 1. The fourth-order valence-electron chi connectivity index (χ4n) is 4.02. The Kier molecular flexibility index (Phi) is 3.85. The first-order valence-electron chi connectivity index (χ1n) is 9.44. The fourth-order valence-corrected chi connectivity index (χ4v) is 4.02. The molecule has 2 heterocycles. The van der Waals surface area contributed by atoms with Crippen molar-refractivity contribution < 1.29 is 4.79 Å². The number of imidazole rings is 1. The Labute approximate surface area is 157 Å². The van der Waals surface area contributed by atoms with Crippen molar-refractivity contribution in [1.82, 2.24) is 14.5 Å². The Morgan fingerprint density at radius 3 is 2.48 bits per heavy atom. The predicted octanol–water partition coefficient (Wildman–Crippen LogP) is 4.95. The quantitative estimate of drug-likeness (QED) is 0.565. The van der Waals surface area contributed by atoms with Gasteiger partial charge in [-0.15, -0.1) is 0 Å². The number of anilines is 1. The van der Waals surface area contributed by atoms with Gasteiger partial charge in [-0.05, 0) is 37.1 Å². The second-order valence-corrected chi connectivity index (χ2v) is 7.08. The SMILES string of the molecule is O=C(Nc1nc2ccccc2n1C1CCCC1)c1ccc2ccccc2n1. The summed E-state index contributed by atoms with van der Waals surface area (Å²) in [7, 11) is 0. The van der Waals surface area contributed by atoms with E-state index in [-0.39, 0.29) is 5.91 Å². The van der Waals surface area contributed by atoms with Crippen LogP contribution in [0.5, 0.6) is 0 Å². The molecule has 1 aliphatic rings. The predicted molar refractivity (Wildman–Crippen MR) is 107 cm³/mol. The molecule has 0 atom stereocenters. The van der Waals surface area contributed by atoms with E-state index in [1.165, 1.54) is 12.8 Å². The maximum Gasteiger partial charge on any atom is 0.276 e. The number of fused-ring (bicyclic) bond motifs is 2. The summed E-state index contributed by atoms with van der Waals surface area (Å²) in [5, 5.41) is 4.03. The molecule has 5 heteroatoms. The van der Waals surface area contributed by atoms with E-state index in [4.69, 9.17) is 0 Å².